The van der Waals surface area contributed by atoms with E-state index in [1.165, 1.54) is 49.5 Å². The van der Waals surface area contributed by atoms with Crippen molar-refractivity contribution in [3.8, 4) is 11.5 Å². The van der Waals surface area contributed by atoms with Crippen molar-refractivity contribution in [2.45, 2.75) is 62.0 Å². The lowest BCUT2D eigenvalue weighted by Crippen LogP contribution is -2.55. The van der Waals surface area contributed by atoms with Crippen LogP contribution in [-0.2, 0) is 32.6 Å². The summed E-state index contributed by atoms with van der Waals surface area (Å²) in [7, 11) is -1.55. The average Bonchev–Trinajstić information content (AvgIpc) is 3.14. The molecule has 270 valence electrons. The number of methoxy groups -OCH3 is 2. The zero-order valence-corrected chi connectivity index (χ0v) is 31.4. The second-order valence-corrected chi connectivity index (χ2v) is 15.4. The van der Waals surface area contributed by atoms with E-state index >= 15 is 0 Å². The van der Waals surface area contributed by atoms with Gasteiger partial charge in [-0.15, -0.1) is 0 Å². The minimum atomic E-state index is -4.40. The van der Waals surface area contributed by atoms with Crippen LogP contribution >= 0.6 is 34.8 Å². The van der Waals surface area contributed by atoms with Gasteiger partial charge in [-0.2, -0.15) is 0 Å². The van der Waals surface area contributed by atoms with Crippen molar-refractivity contribution >= 4 is 62.3 Å². The van der Waals surface area contributed by atoms with Crippen LogP contribution in [0.15, 0.2) is 95.9 Å². The standard InChI is InChI=1S/C38H40Cl3N3O6S/c1-49-35-20-18-31(23-36(35)50-2)51(47,48)44(30-16-14-28(39)15-17-30)25-37(45)43(24-27-13-19-32(40)33(41)21-27)34(22-26-9-5-3-6-10-26)38(46)42-29-11-7-4-8-12-29/h3,5-6,9-10,13-21,23,29,34H,4,7-8,11-12,22,24-25H2,1-2H3,(H,42,46)/t34-/m1/s1. The van der Waals surface area contributed by atoms with Crippen LogP contribution in [0, 0.1) is 0 Å². The maximum absolute atomic E-state index is 14.8. The predicted molar refractivity (Wildman–Crippen MR) is 201 cm³/mol. The van der Waals surface area contributed by atoms with E-state index in [0.29, 0.717) is 21.4 Å². The Kier molecular flexibility index (Phi) is 13.1. The molecular formula is C38H40Cl3N3O6S. The quantitative estimate of drug-likeness (QED) is 0.140. The van der Waals surface area contributed by atoms with Gasteiger partial charge in [0.25, 0.3) is 10.0 Å². The normalized spacial score (nSPS) is 14.0. The lowest BCUT2D eigenvalue weighted by atomic mass is 9.94. The van der Waals surface area contributed by atoms with Crippen molar-refractivity contribution in [3.05, 3.63) is 117 Å². The third-order valence-corrected chi connectivity index (χ3v) is 11.7. The van der Waals surface area contributed by atoms with E-state index < -0.39 is 28.5 Å². The second-order valence-electron chi connectivity index (χ2n) is 12.3. The monoisotopic (exact) mass is 771 g/mol. The van der Waals surface area contributed by atoms with Crippen LogP contribution in [0.3, 0.4) is 0 Å². The Morgan fingerprint density at radius 1 is 0.804 bits per heavy atom. The topological polar surface area (TPSA) is 105 Å². The number of nitrogens with zero attached hydrogens (tertiary/aromatic N) is 2. The Morgan fingerprint density at radius 3 is 2.14 bits per heavy atom. The molecule has 0 bridgehead atoms. The maximum atomic E-state index is 14.8. The molecule has 2 amide bonds. The van der Waals surface area contributed by atoms with Crippen LogP contribution in [-0.4, -0.2) is 58.0 Å². The van der Waals surface area contributed by atoms with E-state index in [4.69, 9.17) is 44.3 Å². The first-order valence-corrected chi connectivity index (χ1v) is 19.2. The minimum absolute atomic E-state index is 0.0255. The number of benzene rings is 4. The summed E-state index contributed by atoms with van der Waals surface area (Å²) < 4.78 is 40.6. The summed E-state index contributed by atoms with van der Waals surface area (Å²) in [5, 5.41) is 4.21. The number of nitrogens with one attached hydrogen (secondary N) is 1. The highest BCUT2D eigenvalue weighted by molar-refractivity contribution is 7.92. The summed E-state index contributed by atoms with van der Waals surface area (Å²) in [5.41, 5.74) is 1.64. The Hall–Kier alpha value is -3.96. The highest BCUT2D eigenvalue weighted by Crippen LogP contribution is 2.33. The number of halogens is 3. The largest absolute Gasteiger partial charge is 0.493 e. The van der Waals surface area contributed by atoms with Crippen LogP contribution in [0.5, 0.6) is 11.5 Å². The number of rotatable bonds is 14. The Balaban J connectivity index is 1.59. The first-order valence-electron chi connectivity index (χ1n) is 16.6. The van der Waals surface area contributed by atoms with Crippen molar-refractivity contribution in [1.82, 2.24) is 10.2 Å². The van der Waals surface area contributed by atoms with Gasteiger partial charge in [0.1, 0.15) is 12.6 Å². The van der Waals surface area contributed by atoms with Gasteiger partial charge >= 0.3 is 0 Å². The van der Waals surface area contributed by atoms with Crippen LogP contribution in [0.4, 0.5) is 5.69 Å². The summed E-state index contributed by atoms with van der Waals surface area (Å²) in [6, 6.07) is 23.7. The van der Waals surface area contributed by atoms with Crippen molar-refractivity contribution in [1.29, 1.82) is 0 Å². The lowest BCUT2D eigenvalue weighted by Gasteiger charge is -2.35. The molecule has 13 heteroatoms. The smallest absolute Gasteiger partial charge is 0.264 e. The van der Waals surface area contributed by atoms with Crippen LogP contribution in [0.25, 0.3) is 0 Å². The number of ether oxygens (including phenoxy) is 2. The van der Waals surface area contributed by atoms with Crippen LogP contribution in [0.1, 0.15) is 43.2 Å². The van der Waals surface area contributed by atoms with Crippen molar-refractivity contribution in [3.63, 3.8) is 0 Å². The molecule has 5 rings (SSSR count). The maximum Gasteiger partial charge on any atom is 0.264 e. The highest BCUT2D eigenvalue weighted by Gasteiger charge is 2.36. The third kappa shape index (κ3) is 9.68. The van der Waals surface area contributed by atoms with Crippen molar-refractivity contribution < 1.29 is 27.5 Å². The number of carbonyl (C=O) groups is 2. The van der Waals surface area contributed by atoms with Crippen LogP contribution in [0.2, 0.25) is 15.1 Å². The van der Waals surface area contributed by atoms with E-state index in [9.17, 15) is 18.0 Å². The van der Waals surface area contributed by atoms with E-state index in [0.717, 1.165) is 42.0 Å². The van der Waals surface area contributed by atoms with Crippen LogP contribution < -0.4 is 19.1 Å². The number of hydrogen-bond acceptors (Lipinski definition) is 6. The van der Waals surface area contributed by atoms with Gasteiger partial charge in [0, 0.05) is 30.1 Å². The van der Waals surface area contributed by atoms with E-state index in [1.54, 1.807) is 30.3 Å². The molecule has 1 aliphatic carbocycles. The summed E-state index contributed by atoms with van der Waals surface area (Å²) in [5.74, 6) is -0.393. The molecule has 0 saturated heterocycles. The fourth-order valence-electron chi connectivity index (χ4n) is 6.17. The van der Waals surface area contributed by atoms with E-state index in [1.807, 2.05) is 30.3 Å². The molecule has 51 heavy (non-hydrogen) atoms. The van der Waals surface area contributed by atoms with Gasteiger partial charge in [-0.05, 0) is 72.5 Å². The predicted octanol–water partition coefficient (Wildman–Crippen LogP) is 7.95. The molecular weight excluding hydrogens is 733 g/mol. The lowest BCUT2D eigenvalue weighted by molar-refractivity contribution is -0.140. The van der Waals surface area contributed by atoms with Gasteiger partial charge < -0.3 is 19.7 Å². The molecule has 1 aliphatic rings. The van der Waals surface area contributed by atoms with Crippen molar-refractivity contribution in [2.24, 2.45) is 0 Å². The van der Waals surface area contributed by atoms with Gasteiger partial charge in [-0.25, -0.2) is 8.42 Å². The summed E-state index contributed by atoms with van der Waals surface area (Å²) in [6.07, 6.45) is 5.00. The third-order valence-electron chi connectivity index (χ3n) is 8.90. The molecule has 1 N–H and O–H groups in total. The SMILES string of the molecule is COc1ccc(S(=O)(=O)N(CC(=O)N(Cc2ccc(Cl)c(Cl)c2)[C@H](Cc2ccccc2)C(=O)NC2CCCCC2)c2ccc(Cl)cc2)cc1OC. The summed E-state index contributed by atoms with van der Waals surface area (Å²) >= 11 is 18.8. The minimum Gasteiger partial charge on any atom is -0.493 e. The fourth-order valence-corrected chi connectivity index (χ4v) is 8.05. The molecule has 0 unspecified atom stereocenters. The van der Waals surface area contributed by atoms with Gasteiger partial charge in [0.05, 0.1) is 34.8 Å². The van der Waals surface area contributed by atoms with Gasteiger partial charge in [0.2, 0.25) is 11.8 Å². The molecule has 0 radical (unpaired) electrons. The molecule has 1 atom stereocenters. The molecule has 0 heterocycles. The molecule has 0 aromatic heterocycles. The van der Waals surface area contributed by atoms with Gasteiger partial charge in [0.15, 0.2) is 11.5 Å². The van der Waals surface area contributed by atoms with Crippen molar-refractivity contribution in [2.75, 3.05) is 25.1 Å². The summed E-state index contributed by atoms with van der Waals surface area (Å²) in [6.45, 7) is -0.683. The number of anilines is 1. The fraction of sp³-hybridized carbons (Fsp3) is 0.316. The molecule has 4 aromatic carbocycles. The molecule has 1 fully saturated rings. The molecule has 0 spiro atoms. The Morgan fingerprint density at radius 2 is 1.49 bits per heavy atom. The number of carbonyl (C=O) groups excluding carboxylic acids is 2. The van der Waals surface area contributed by atoms with E-state index in [-0.39, 0.29) is 46.3 Å². The Bertz CT molecular complexity index is 1920. The van der Waals surface area contributed by atoms with Gasteiger partial charge in [-0.3, -0.25) is 13.9 Å². The molecule has 1 saturated carbocycles. The highest BCUT2D eigenvalue weighted by atomic mass is 35.5. The average molecular weight is 773 g/mol. The molecule has 0 aliphatic heterocycles. The molecule has 4 aromatic rings. The van der Waals surface area contributed by atoms with Gasteiger partial charge in [-0.1, -0.05) is 90.5 Å². The van der Waals surface area contributed by atoms with E-state index in [2.05, 4.69) is 5.32 Å². The number of hydrogen-bond donors (Lipinski definition) is 1. The number of sulfonamides is 1. The summed E-state index contributed by atoms with van der Waals surface area (Å²) in [4.78, 5) is 30.4. The first kappa shape index (κ1) is 38.3. The first-order chi connectivity index (χ1) is 24.5. The zero-order chi connectivity index (χ0) is 36.5. The second kappa shape index (κ2) is 17.5. The number of amides is 2. The Labute approximate surface area is 314 Å². The zero-order valence-electron chi connectivity index (χ0n) is 28.4. The molecule has 9 nitrogen and oxygen atoms in total.